The summed E-state index contributed by atoms with van der Waals surface area (Å²) in [6.45, 7) is 6.36. The summed E-state index contributed by atoms with van der Waals surface area (Å²) in [5.74, 6) is -0.00750. The van der Waals surface area contributed by atoms with Crippen LogP contribution in [0.15, 0.2) is 18.5 Å². The molecule has 110 valence electrons. The number of amides is 1. The number of tetrazole rings is 1. The maximum atomic E-state index is 12.8. The molecule has 0 unspecified atom stereocenters. The third kappa shape index (κ3) is 2.52. The van der Waals surface area contributed by atoms with Crippen molar-refractivity contribution in [2.45, 2.75) is 13.8 Å². The Kier molecular flexibility index (Phi) is 3.66. The van der Waals surface area contributed by atoms with Gasteiger partial charge < -0.3 is 9.64 Å². The van der Waals surface area contributed by atoms with Crippen LogP contribution in [0, 0.1) is 13.8 Å². The molecule has 1 amide bonds. The number of hydrogen-bond acceptors (Lipinski definition) is 5. The normalized spacial score (nSPS) is 15.2. The highest BCUT2D eigenvalue weighted by molar-refractivity contribution is 5.98. The van der Waals surface area contributed by atoms with E-state index in [1.807, 2.05) is 30.9 Å². The lowest BCUT2D eigenvalue weighted by Gasteiger charge is -2.28. The number of nitrogens with zero attached hydrogens (tertiary/aromatic N) is 5. The van der Waals surface area contributed by atoms with E-state index in [1.165, 1.54) is 6.33 Å². The fourth-order valence-electron chi connectivity index (χ4n) is 2.47. The number of carbonyl (C=O) groups is 1. The Balaban J connectivity index is 2.05. The first kappa shape index (κ1) is 13.7. The van der Waals surface area contributed by atoms with Gasteiger partial charge in [0.1, 0.15) is 6.33 Å². The first-order valence-corrected chi connectivity index (χ1v) is 6.89. The molecule has 0 N–H and O–H groups in total. The van der Waals surface area contributed by atoms with Crippen molar-refractivity contribution in [1.82, 2.24) is 25.1 Å². The Labute approximate surface area is 122 Å². The maximum absolute atomic E-state index is 12.8. The molecular formula is C14H17N5O2. The van der Waals surface area contributed by atoms with Crippen molar-refractivity contribution in [2.24, 2.45) is 0 Å². The zero-order valence-corrected chi connectivity index (χ0v) is 12.1. The quantitative estimate of drug-likeness (QED) is 0.815. The molecule has 2 heterocycles. The minimum absolute atomic E-state index is 0.00750. The molecule has 0 spiro atoms. The minimum atomic E-state index is -0.00750. The average molecular weight is 287 g/mol. The van der Waals surface area contributed by atoms with Crippen LogP contribution in [-0.4, -0.2) is 57.3 Å². The molecule has 0 atom stereocenters. The molecule has 7 nitrogen and oxygen atoms in total. The molecule has 1 fully saturated rings. The van der Waals surface area contributed by atoms with Crippen LogP contribution in [0.3, 0.4) is 0 Å². The molecule has 2 aromatic rings. The summed E-state index contributed by atoms with van der Waals surface area (Å²) in [6, 6.07) is 3.80. The van der Waals surface area contributed by atoms with Crippen molar-refractivity contribution in [1.29, 1.82) is 0 Å². The van der Waals surface area contributed by atoms with Crippen LogP contribution in [0.4, 0.5) is 0 Å². The van der Waals surface area contributed by atoms with Gasteiger partial charge in [-0.25, -0.2) is 0 Å². The number of carbonyl (C=O) groups excluding carboxylic acids is 1. The maximum Gasteiger partial charge on any atom is 0.256 e. The van der Waals surface area contributed by atoms with Gasteiger partial charge in [0.25, 0.3) is 5.91 Å². The van der Waals surface area contributed by atoms with Crippen molar-refractivity contribution in [3.05, 3.63) is 35.2 Å². The zero-order chi connectivity index (χ0) is 14.8. The highest BCUT2D eigenvalue weighted by Crippen LogP contribution is 2.23. The first-order valence-electron chi connectivity index (χ1n) is 6.89. The molecule has 0 saturated carbocycles. The number of aryl methyl sites for hydroxylation is 1. The SMILES string of the molecule is Cc1ccc(C(=O)N2CCOCC2)c(-n2cnnn2)c1C. The molecule has 0 aliphatic carbocycles. The van der Waals surface area contributed by atoms with Crippen molar-refractivity contribution < 1.29 is 9.53 Å². The molecular weight excluding hydrogens is 270 g/mol. The topological polar surface area (TPSA) is 73.1 Å². The van der Waals surface area contributed by atoms with Crippen molar-refractivity contribution in [2.75, 3.05) is 26.3 Å². The standard InChI is InChI=1S/C14H17N5O2/c1-10-3-4-12(14(20)18-5-7-21-8-6-18)13(11(10)2)19-9-15-16-17-19/h3-4,9H,5-8H2,1-2H3. The van der Waals surface area contributed by atoms with Crippen LogP contribution < -0.4 is 0 Å². The molecule has 21 heavy (non-hydrogen) atoms. The minimum Gasteiger partial charge on any atom is -0.378 e. The van der Waals surface area contributed by atoms with E-state index in [4.69, 9.17) is 4.74 Å². The summed E-state index contributed by atoms with van der Waals surface area (Å²) in [5, 5.41) is 11.3. The lowest BCUT2D eigenvalue weighted by Crippen LogP contribution is -2.41. The van der Waals surface area contributed by atoms with Crippen LogP contribution >= 0.6 is 0 Å². The molecule has 1 aromatic heterocycles. The van der Waals surface area contributed by atoms with Gasteiger partial charge in [0.2, 0.25) is 0 Å². The third-order valence-electron chi connectivity index (χ3n) is 3.81. The number of ether oxygens (including phenoxy) is 1. The van der Waals surface area contributed by atoms with Gasteiger partial charge in [-0.1, -0.05) is 6.07 Å². The predicted octanol–water partition coefficient (Wildman–Crippen LogP) is 0.752. The second-order valence-corrected chi connectivity index (χ2v) is 5.06. The van der Waals surface area contributed by atoms with Gasteiger partial charge in [0.15, 0.2) is 0 Å². The Bertz CT molecular complexity index is 648. The number of aromatic nitrogens is 4. The lowest BCUT2D eigenvalue weighted by molar-refractivity contribution is 0.0302. The summed E-state index contributed by atoms with van der Waals surface area (Å²) in [5.41, 5.74) is 3.46. The van der Waals surface area contributed by atoms with Crippen LogP contribution in [0.2, 0.25) is 0 Å². The summed E-state index contributed by atoms with van der Waals surface area (Å²) in [7, 11) is 0. The van der Waals surface area contributed by atoms with E-state index >= 15 is 0 Å². The van der Waals surface area contributed by atoms with E-state index in [1.54, 1.807) is 4.68 Å². The van der Waals surface area contributed by atoms with Crippen LogP contribution in [0.5, 0.6) is 0 Å². The summed E-state index contributed by atoms with van der Waals surface area (Å²) < 4.78 is 6.85. The van der Waals surface area contributed by atoms with E-state index < -0.39 is 0 Å². The fourth-order valence-corrected chi connectivity index (χ4v) is 2.47. The molecule has 0 bridgehead atoms. The first-order chi connectivity index (χ1) is 10.2. The Hall–Kier alpha value is -2.28. The lowest BCUT2D eigenvalue weighted by atomic mass is 10.0. The summed E-state index contributed by atoms with van der Waals surface area (Å²) in [6.07, 6.45) is 1.51. The molecule has 1 aliphatic rings. The molecule has 3 rings (SSSR count). The van der Waals surface area contributed by atoms with Crippen LogP contribution in [-0.2, 0) is 4.74 Å². The number of benzene rings is 1. The van der Waals surface area contributed by atoms with Gasteiger partial charge >= 0.3 is 0 Å². The van der Waals surface area contributed by atoms with Crippen molar-refractivity contribution in [3.8, 4) is 5.69 Å². The summed E-state index contributed by atoms with van der Waals surface area (Å²) in [4.78, 5) is 14.6. The zero-order valence-electron chi connectivity index (χ0n) is 12.1. The second-order valence-electron chi connectivity index (χ2n) is 5.06. The highest BCUT2D eigenvalue weighted by atomic mass is 16.5. The third-order valence-corrected chi connectivity index (χ3v) is 3.81. The van der Waals surface area contributed by atoms with Crippen molar-refractivity contribution >= 4 is 5.91 Å². The van der Waals surface area contributed by atoms with Gasteiger partial charge in [-0.3, -0.25) is 4.79 Å². The van der Waals surface area contributed by atoms with Crippen LogP contribution in [0.1, 0.15) is 21.5 Å². The fraction of sp³-hybridized carbons (Fsp3) is 0.429. The average Bonchev–Trinajstić information content (AvgIpc) is 3.04. The van der Waals surface area contributed by atoms with E-state index in [0.717, 1.165) is 16.8 Å². The Morgan fingerprint density at radius 1 is 1.24 bits per heavy atom. The van der Waals surface area contributed by atoms with Gasteiger partial charge in [0, 0.05) is 13.1 Å². The smallest absolute Gasteiger partial charge is 0.256 e. The largest absolute Gasteiger partial charge is 0.378 e. The van der Waals surface area contributed by atoms with Crippen molar-refractivity contribution in [3.63, 3.8) is 0 Å². The molecule has 0 radical (unpaired) electrons. The van der Waals surface area contributed by atoms with E-state index in [9.17, 15) is 4.79 Å². The summed E-state index contributed by atoms with van der Waals surface area (Å²) >= 11 is 0. The molecule has 1 saturated heterocycles. The Morgan fingerprint density at radius 3 is 2.67 bits per heavy atom. The Morgan fingerprint density at radius 2 is 2.00 bits per heavy atom. The van der Waals surface area contributed by atoms with E-state index in [2.05, 4.69) is 15.5 Å². The van der Waals surface area contributed by atoms with Gasteiger partial charge in [-0.2, -0.15) is 4.68 Å². The monoisotopic (exact) mass is 287 g/mol. The highest BCUT2D eigenvalue weighted by Gasteiger charge is 2.23. The number of rotatable bonds is 2. The van der Waals surface area contributed by atoms with E-state index in [-0.39, 0.29) is 5.91 Å². The van der Waals surface area contributed by atoms with E-state index in [0.29, 0.717) is 31.9 Å². The number of morpholine rings is 1. The predicted molar refractivity (Wildman–Crippen MR) is 75.4 cm³/mol. The van der Waals surface area contributed by atoms with Gasteiger partial charge in [0.05, 0.1) is 24.5 Å². The number of hydrogen-bond donors (Lipinski definition) is 0. The second kappa shape index (κ2) is 5.61. The molecule has 1 aromatic carbocycles. The van der Waals surface area contributed by atoms with Crippen LogP contribution in [0.25, 0.3) is 5.69 Å². The van der Waals surface area contributed by atoms with Gasteiger partial charge in [-0.15, -0.1) is 5.10 Å². The molecule has 1 aliphatic heterocycles. The molecule has 7 heteroatoms. The van der Waals surface area contributed by atoms with Gasteiger partial charge in [-0.05, 0) is 41.5 Å².